The van der Waals surface area contributed by atoms with Gasteiger partial charge in [-0.3, -0.25) is 4.79 Å². The molecule has 0 aliphatic carbocycles. The SMILES string of the molecule is CN1CCN(C(=O)Cc2csc(COc3ccccc3)n2)CC1. The van der Waals surface area contributed by atoms with Crippen molar-refractivity contribution in [2.45, 2.75) is 13.0 Å². The second-order valence-electron chi connectivity index (χ2n) is 5.70. The molecule has 0 spiro atoms. The van der Waals surface area contributed by atoms with Crippen LogP contribution in [-0.4, -0.2) is 53.9 Å². The fourth-order valence-corrected chi connectivity index (χ4v) is 3.19. The molecule has 2 heterocycles. The topological polar surface area (TPSA) is 45.7 Å². The first-order valence-electron chi connectivity index (χ1n) is 7.78. The summed E-state index contributed by atoms with van der Waals surface area (Å²) < 4.78 is 5.69. The largest absolute Gasteiger partial charge is 0.486 e. The highest BCUT2D eigenvalue weighted by Crippen LogP contribution is 2.16. The van der Waals surface area contributed by atoms with E-state index in [4.69, 9.17) is 4.74 Å². The lowest BCUT2D eigenvalue weighted by Gasteiger charge is -2.32. The summed E-state index contributed by atoms with van der Waals surface area (Å²) in [4.78, 5) is 21.0. The van der Waals surface area contributed by atoms with Crippen LogP contribution in [0.2, 0.25) is 0 Å². The number of para-hydroxylation sites is 1. The number of aromatic nitrogens is 1. The molecule has 0 saturated carbocycles. The maximum absolute atomic E-state index is 12.3. The van der Waals surface area contributed by atoms with Gasteiger partial charge in [-0.15, -0.1) is 11.3 Å². The lowest BCUT2D eigenvalue weighted by atomic mass is 10.2. The predicted octanol–water partition coefficient (Wildman–Crippen LogP) is 2.04. The third-order valence-corrected chi connectivity index (χ3v) is 4.76. The van der Waals surface area contributed by atoms with Crippen LogP contribution < -0.4 is 4.74 Å². The van der Waals surface area contributed by atoms with E-state index < -0.39 is 0 Å². The third kappa shape index (κ3) is 4.53. The summed E-state index contributed by atoms with van der Waals surface area (Å²) in [6.45, 7) is 3.95. The highest BCUT2D eigenvalue weighted by atomic mass is 32.1. The van der Waals surface area contributed by atoms with E-state index in [9.17, 15) is 4.79 Å². The second-order valence-corrected chi connectivity index (χ2v) is 6.64. The number of likely N-dealkylation sites (N-methyl/N-ethyl adjacent to an activating group) is 1. The summed E-state index contributed by atoms with van der Waals surface area (Å²) in [5, 5.41) is 2.85. The van der Waals surface area contributed by atoms with Gasteiger partial charge >= 0.3 is 0 Å². The van der Waals surface area contributed by atoms with Crippen LogP contribution in [0.1, 0.15) is 10.7 Å². The van der Waals surface area contributed by atoms with Crippen molar-refractivity contribution in [3.8, 4) is 5.75 Å². The number of nitrogens with zero attached hydrogens (tertiary/aromatic N) is 3. The smallest absolute Gasteiger partial charge is 0.228 e. The number of carbonyl (C=O) groups excluding carboxylic acids is 1. The normalized spacial score (nSPS) is 15.6. The van der Waals surface area contributed by atoms with Crippen LogP contribution in [-0.2, 0) is 17.8 Å². The molecule has 2 aromatic rings. The molecule has 6 heteroatoms. The molecule has 0 N–H and O–H groups in total. The molecule has 1 aromatic heterocycles. The van der Waals surface area contributed by atoms with Crippen molar-refractivity contribution in [3.63, 3.8) is 0 Å². The number of carbonyl (C=O) groups is 1. The fourth-order valence-electron chi connectivity index (χ4n) is 2.48. The molecule has 0 atom stereocenters. The Morgan fingerprint density at radius 3 is 2.70 bits per heavy atom. The van der Waals surface area contributed by atoms with Crippen LogP contribution in [0.3, 0.4) is 0 Å². The van der Waals surface area contributed by atoms with Crippen molar-refractivity contribution in [1.82, 2.24) is 14.8 Å². The van der Waals surface area contributed by atoms with E-state index in [1.165, 1.54) is 0 Å². The minimum atomic E-state index is 0.166. The minimum Gasteiger partial charge on any atom is -0.486 e. The molecule has 1 aliphatic heterocycles. The Labute approximate surface area is 140 Å². The molecule has 1 fully saturated rings. The lowest BCUT2D eigenvalue weighted by Crippen LogP contribution is -2.47. The number of amides is 1. The molecule has 23 heavy (non-hydrogen) atoms. The fraction of sp³-hybridized carbons (Fsp3) is 0.412. The molecule has 0 radical (unpaired) electrons. The van der Waals surface area contributed by atoms with E-state index in [1.807, 2.05) is 40.6 Å². The number of benzene rings is 1. The van der Waals surface area contributed by atoms with Gasteiger partial charge in [0.2, 0.25) is 5.91 Å². The first-order chi connectivity index (χ1) is 11.2. The van der Waals surface area contributed by atoms with Gasteiger partial charge in [0.25, 0.3) is 0 Å². The number of thiazole rings is 1. The zero-order valence-electron chi connectivity index (χ0n) is 13.3. The van der Waals surface area contributed by atoms with Gasteiger partial charge in [-0.1, -0.05) is 18.2 Å². The standard InChI is InChI=1S/C17H21N3O2S/c1-19-7-9-20(10-8-19)17(21)11-14-13-23-16(18-14)12-22-15-5-3-2-4-6-15/h2-6,13H,7-12H2,1H3. The lowest BCUT2D eigenvalue weighted by molar-refractivity contribution is -0.132. The van der Waals surface area contributed by atoms with Crippen molar-refractivity contribution in [1.29, 1.82) is 0 Å². The first-order valence-corrected chi connectivity index (χ1v) is 8.66. The van der Waals surface area contributed by atoms with Crippen molar-refractivity contribution in [2.75, 3.05) is 33.2 Å². The molecule has 3 rings (SSSR count). The average Bonchev–Trinajstić information content (AvgIpc) is 3.02. The second kappa shape index (κ2) is 7.57. The van der Waals surface area contributed by atoms with E-state index in [-0.39, 0.29) is 5.91 Å². The Hall–Kier alpha value is -1.92. The van der Waals surface area contributed by atoms with Gasteiger partial charge in [0.1, 0.15) is 17.4 Å². The van der Waals surface area contributed by atoms with Crippen LogP contribution in [0.5, 0.6) is 5.75 Å². The summed E-state index contributed by atoms with van der Waals surface area (Å²) in [5.74, 6) is 0.997. The Bertz CT molecular complexity index is 636. The van der Waals surface area contributed by atoms with Gasteiger partial charge in [-0.05, 0) is 19.2 Å². The zero-order chi connectivity index (χ0) is 16.1. The summed E-state index contributed by atoms with van der Waals surface area (Å²) in [6.07, 6.45) is 0.381. The average molecular weight is 331 g/mol. The van der Waals surface area contributed by atoms with E-state index in [1.54, 1.807) is 11.3 Å². The van der Waals surface area contributed by atoms with E-state index >= 15 is 0 Å². The van der Waals surface area contributed by atoms with Crippen LogP contribution in [0.15, 0.2) is 35.7 Å². The third-order valence-electron chi connectivity index (χ3n) is 3.89. The van der Waals surface area contributed by atoms with Crippen molar-refractivity contribution in [2.24, 2.45) is 0 Å². The van der Waals surface area contributed by atoms with Crippen LogP contribution in [0.4, 0.5) is 0 Å². The van der Waals surface area contributed by atoms with Crippen molar-refractivity contribution in [3.05, 3.63) is 46.4 Å². The summed E-state index contributed by atoms with van der Waals surface area (Å²) in [7, 11) is 2.08. The molecule has 5 nitrogen and oxygen atoms in total. The zero-order valence-corrected chi connectivity index (χ0v) is 14.1. The van der Waals surface area contributed by atoms with Gasteiger partial charge < -0.3 is 14.5 Å². The van der Waals surface area contributed by atoms with E-state index in [0.29, 0.717) is 13.0 Å². The van der Waals surface area contributed by atoms with Gasteiger partial charge in [0, 0.05) is 31.6 Å². The molecule has 1 amide bonds. The first kappa shape index (κ1) is 16.0. The van der Waals surface area contributed by atoms with Crippen LogP contribution >= 0.6 is 11.3 Å². The summed E-state index contributed by atoms with van der Waals surface area (Å²) in [5.41, 5.74) is 0.839. The molecule has 122 valence electrons. The Morgan fingerprint density at radius 2 is 1.96 bits per heavy atom. The van der Waals surface area contributed by atoms with Gasteiger partial charge in [0.15, 0.2) is 0 Å². The van der Waals surface area contributed by atoms with Gasteiger partial charge in [-0.2, -0.15) is 0 Å². The molecule has 1 aliphatic rings. The summed E-state index contributed by atoms with van der Waals surface area (Å²) >= 11 is 1.54. The van der Waals surface area contributed by atoms with Crippen LogP contribution in [0, 0.1) is 0 Å². The summed E-state index contributed by atoms with van der Waals surface area (Å²) in [6, 6.07) is 9.68. The molecule has 0 bridgehead atoms. The minimum absolute atomic E-state index is 0.166. The maximum Gasteiger partial charge on any atom is 0.228 e. The Kier molecular flexibility index (Phi) is 5.25. The van der Waals surface area contributed by atoms with Gasteiger partial charge in [-0.25, -0.2) is 4.98 Å². The number of ether oxygens (including phenoxy) is 1. The Balaban J connectivity index is 1.50. The van der Waals surface area contributed by atoms with E-state index in [0.717, 1.165) is 42.6 Å². The molecular weight excluding hydrogens is 310 g/mol. The van der Waals surface area contributed by atoms with Crippen molar-refractivity contribution < 1.29 is 9.53 Å². The molecule has 0 unspecified atom stereocenters. The maximum atomic E-state index is 12.3. The van der Waals surface area contributed by atoms with Crippen LogP contribution in [0.25, 0.3) is 0 Å². The van der Waals surface area contributed by atoms with E-state index in [2.05, 4.69) is 16.9 Å². The number of hydrogen-bond donors (Lipinski definition) is 0. The monoisotopic (exact) mass is 331 g/mol. The highest BCUT2D eigenvalue weighted by molar-refractivity contribution is 7.09. The Morgan fingerprint density at radius 1 is 1.22 bits per heavy atom. The number of hydrogen-bond acceptors (Lipinski definition) is 5. The number of piperazine rings is 1. The number of rotatable bonds is 5. The van der Waals surface area contributed by atoms with Crippen molar-refractivity contribution >= 4 is 17.2 Å². The quantitative estimate of drug-likeness (QED) is 0.841. The molecule has 1 aromatic carbocycles. The predicted molar refractivity (Wildman–Crippen MR) is 90.7 cm³/mol. The molecule has 1 saturated heterocycles. The molecular formula is C17H21N3O2S. The highest BCUT2D eigenvalue weighted by Gasteiger charge is 2.20. The van der Waals surface area contributed by atoms with Gasteiger partial charge in [0.05, 0.1) is 12.1 Å².